The van der Waals surface area contributed by atoms with Crippen molar-refractivity contribution in [2.75, 3.05) is 0 Å². The fourth-order valence-electron chi connectivity index (χ4n) is 1.26. The molecule has 0 saturated heterocycles. The summed E-state index contributed by atoms with van der Waals surface area (Å²) in [6.45, 7) is 0. The Morgan fingerprint density at radius 1 is 1.00 bits per heavy atom. The second-order valence-corrected chi connectivity index (χ2v) is 4.52. The Kier molecular flexibility index (Phi) is 2.99. The number of benzene rings is 1. The molecule has 0 saturated carbocycles. The van der Waals surface area contributed by atoms with Gasteiger partial charge in [0, 0.05) is 16.2 Å². The minimum Gasteiger partial charge on any atom is -0.249 e. The number of rotatable bonds is 1. The molecular formula is C11H7Br2N. The largest absolute Gasteiger partial charge is 0.249 e. The predicted octanol–water partition coefficient (Wildman–Crippen LogP) is 4.27. The van der Waals surface area contributed by atoms with Crippen LogP contribution < -0.4 is 0 Å². The summed E-state index contributed by atoms with van der Waals surface area (Å²) in [5.74, 6) is 0. The van der Waals surface area contributed by atoms with Gasteiger partial charge < -0.3 is 0 Å². The van der Waals surface area contributed by atoms with E-state index in [4.69, 9.17) is 0 Å². The number of pyridine rings is 1. The molecule has 0 N–H and O–H groups in total. The van der Waals surface area contributed by atoms with Crippen molar-refractivity contribution < 1.29 is 0 Å². The lowest BCUT2D eigenvalue weighted by Crippen LogP contribution is -1.82. The maximum atomic E-state index is 4.19. The average molecular weight is 313 g/mol. The summed E-state index contributed by atoms with van der Waals surface area (Å²) < 4.78 is 1.95. The van der Waals surface area contributed by atoms with Crippen molar-refractivity contribution in [3.63, 3.8) is 0 Å². The first-order valence-electron chi connectivity index (χ1n) is 4.14. The van der Waals surface area contributed by atoms with Gasteiger partial charge in [-0.1, -0.05) is 34.1 Å². The van der Waals surface area contributed by atoms with E-state index in [2.05, 4.69) is 49.0 Å². The quantitative estimate of drug-likeness (QED) is 0.716. The molecule has 0 unspecified atom stereocenters. The molecule has 14 heavy (non-hydrogen) atoms. The Labute approximate surface area is 99.4 Å². The van der Waals surface area contributed by atoms with Crippen LogP contribution in [0.3, 0.4) is 0 Å². The highest BCUT2D eigenvalue weighted by atomic mass is 79.9. The average Bonchev–Trinajstić information content (AvgIpc) is 2.18. The molecule has 1 aromatic carbocycles. The van der Waals surface area contributed by atoms with E-state index in [0.717, 1.165) is 20.2 Å². The zero-order chi connectivity index (χ0) is 9.97. The minimum atomic E-state index is 0.873. The van der Waals surface area contributed by atoms with Gasteiger partial charge in [0.15, 0.2) is 0 Å². The minimum absolute atomic E-state index is 0.873. The van der Waals surface area contributed by atoms with Gasteiger partial charge in [0.1, 0.15) is 4.60 Å². The highest BCUT2D eigenvalue weighted by molar-refractivity contribution is 9.10. The van der Waals surface area contributed by atoms with E-state index in [0.29, 0.717) is 0 Å². The molecule has 2 aromatic rings. The number of aromatic nitrogens is 1. The van der Waals surface area contributed by atoms with Crippen molar-refractivity contribution >= 4 is 31.9 Å². The summed E-state index contributed by atoms with van der Waals surface area (Å²) in [5, 5.41) is 0. The van der Waals surface area contributed by atoms with Crippen LogP contribution in [0.2, 0.25) is 0 Å². The third-order valence-corrected chi connectivity index (χ3v) is 3.02. The molecule has 0 aliphatic carbocycles. The van der Waals surface area contributed by atoms with Gasteiger partial charge >= 0.3 is 0 Å². The van der Waals surface area contributed by atoms with Gasteiger partial charge in [0.05, 0.1) is 0 Å². The van der Waals surface area contributed by atoms with Crippen LogP contribution in [0.4, 0.5) is 0 Å². The molecule has 1 nitrogen and oxygen atoms in total. The smallest absolute Gasteiger partial charge is 0.113 e. The first kappa shape index (κ1) is 9.87. The van der Waals surface area contributed by atoms with E-state index in [9.17, 15) is 0 Å². The van der Waals surface area contributed by atoms with Crippen molar-refractivity contribution in [3.8, 4) is 11.1 Å². The molecule has 0 fully saturated rings. The topological polar surface area (TPSA) is 12.9 Å². The Morgan fingerprint density at radius 2 is 1.86 bits per heavy atom. The van der Waals surface area contributed by atoms with Crippen LogP contribution in [0.1, 0.15) is 0 Å². The molecule has 0 aliphatic rings. The normalized spacial score (nSPS) is 10.1. The standard InChI is InChI=1S/C11H7Br2N/c12-9-4-1-3-8(7-9)10-5-2-6-14-11(10)13/h1-7H. The van der Waals surface area contributed by atoms with E-state index >= 15 is 0 Å². The molecule has 2 rings (SSSR count). The fourth-order valence-corrected chi connectivity index (χ4v) is 2.14. The van der Waals surface area contributed by atoms with Crippen LogP contribution in [0, 0.1) is 0 Å². The first-order valence-corrected chi connectivity index (χ1v) is 5.72. The lowest BCUT2D eigenvalue weighted by atomic mass is 10.1. The second kappa shape index (κ2) is 4.24. The molecule has 0 radical (unpaired) electrons. The summed E-state index contributed by atoms with van der Waals surface area (Å²) in [6, 6.07) is 12.1. The lowest BCUT2D eigenvalue weighted by Gasteiger charge is -2.03. The van der Waals surface area contributed by atoms with Crippen molar-refractivity contribution in [3.05, 3.63) is 51.7 Å². The van der Waals surface area contributed by atoms with E-state index in [1.807, 2.05) is 24.3 Å². The van der Waals surface area contributed by atoms with Crippen LogP contribution >= 0.6 is 31.9 Å². The SMILES string of the molecule is Brc1cccc(-c2cccnc2Br)c1. The molecule has 3 heteroatoms. The third kappa shape index (κ3) is 2.04. The summed E-state index contributed by atoms with van der Waals surface area (Å²) in [4.78, 5) is 4.19. The maximum absolute atomic E-state index is 4.19. The predicted molar refractivity (Wildman–Crippen MR) is 65.1 cm³/mol. The molecule has 70 valence electrons. The third-order valence-electron chi connectivity index (χ3n) is 1.89. The van der Waals surface area contributed by atoms with Crippen LogP contribution in [0.15, 0.2) is 51.7 Å². The van der Waals surface area contributed by atoms with E-state index in [1.165, 1.54) is 0 Å². The Balaban J connectivity index is 2.55. The van der Waals surface area contributed by atoms with Crippen molar-refractivity contribution in [2.24, 2.45) is 0 Å². The molecule has 1 heterocycles. The number of halogens is 2. The molecule has 0 bridgehead atoms. The monoisotopic (exact) mass is 311 g/mol. The van der Waals surface area contributed by atoms with E-state index in [1.54, 1.807) is 6.20 Å². The highest BCUT2D eigenvalue weighted by Gasteiger charge is 2.02. The molecule has 0 aliphatic heterocycles. The van der Waals surface area contributed by atoms with Gasteiger partial charge in [0.2, 0.25) is 0 Å². The van der Waals surface area contributed by atoms with Gasteiger partial charge in [-0.2, -0.15) is 0 Å². The van der Waals surface area contributed by atoms with Crippen LogP contribution in [-0.2, 0) is 0 Å². The molecule has 1 aromatic heterocycles. The first-order chi connectivity index (χ1) is 6.77. The van der Waals surface area contributed by atoms with Crippen LogP contribution in [0.25, 0.3) is 11.1 Å². The van der Waals surface area contributed by atoms with Crippen LogP contribution in [-0.4, -0.2) is 4.98 Å². The van der Waals surface area contributed by atoms with Crippen molar-refractivity contribution in [1.29, 1.82) is 0 Å². The number of hydrogen-bond donors (Lipinski definition) is 0. The lowest BCUT2D eigenvalue weighted by molar-refractivity contribution is 1.28. The maximum Gasteiger partial charge on any atom is 0.113 e. The zero-order valence-electron chi connectivity index (χ0n) is 7.24. The Hall–Kier alpha value is -0.670. The van der Waals surface area contributed by atoms with Gasteiger partial charge in [-0.3, -0.25) is 0 Å². The Bertz CT molecular complexity index is 455. The van der Waals surface area contributed by atoms with Crippen molar-refractivity contribution in [2.45, 2.75) is 0 Å². The van der Waals surface area contributed by atoms with E-state index < -0.39 is 0 Å². The summed E-state index contributed by atoms with van der Waals surface area (Å²) in [6.07, 6.45) is 1.77. The number of nitrogens with zero attached hydrogens (tertiary/aromatic N) is 1. The van der Waals surface area contributed by atoms with Gasteiger partial charge in [-0.05, 0) is 39.7 Å². The molecule has 0 spiro atoms. The molecule has 0 amide bonds. The zero-order valence-corrected chi connectivity index (χ0v) is 10.4. The van der Waals surface area contributed by atoms with Gasteiger partial charge in [0.25, 0.3) is 0 Å². The second-order valence-electron chi connectivity index (χ2n) is 2.85. The summed E-state index contributed by atoms with van der Waals surface area (Å²) in [7, 11) is 0. The molecular weight excluding hydrogens is 306 g/mol. The summed E-state index contributed by atoms with van der Waals surface area (Å²) in [5.41, 5.74) is 2.26. The fraction of sp³-hybridized carbons (Fsp3) is 0. The van der Waals surface area contributed by atoms with Crippen molar-refractivity contribution in [1.82, 2.24) is 4.98 Å². The van der Waals surface area contributed by atoms with Crippen LogP contribution in [0.5, 0.6) is 0 Å². The Morgan fingerprint density at radius 3 is 2.57 bits per heavy atom. The summed E-state index contributed by atoms with van der Waals surface area (Å²) >= 11 is 6.88. The molecule has 0 atom stereocenters. The highest BCUT2D eigenvalue weighted by Crippen LogP contribution is 2.27. The van der Waals surface area contributed by atoms with Gasteiger partial charge in [-0.15, -0.1) is 0 Å². The number of hydrogen-bond acceptors (Lipinski definition) is 1. The van der Waals surface area contributed by atoms with Gasteiger partial charge in [-0.25, -0.2) is 4.98 Å². The van der Waals surface area contributed by atoms with E-state index in [-0.39, 0.29) is 0 Å².